The second kappa shape index (κ2) is 7.95. The lowest BCUT2D eigenvalue weighted by molar-refractivity contribution is 0.371. The number of anilines is 3. The molecule has 0 unspecified atom stereocenters. The van der Waals surface area contributed by atoms with Gasteiger partial charge in [-0.15, -0.1) is 0 Å². The Morgan fingerprint density at radius 3 is 2.42 bits per heavy atom. The fourth-order valence-corrected chi connectivity index (χ4v) is 3.58. The van der Waals surface area contributed by atoms with E-state index in [9.17, 15) is 13.2 Å². The first-order valence-corrected chi connectivity index (χ1v) is 9.50. The molecule has 160 valence electrons. The molecule has 7 nitrogen and oxygen atoms in total. The summed E-state index contributed by atoms with van der Waals surface area (Å²) in [6, 6.07) is 5.16. The van der Waals surface area contributed by atoms with Crippen LogP contribution in [0.25, 0.3) is 11.1 Å². The van der Waals surface area contributed by atoms with Crippen LogP contribution in [0.1, 0.15) is 11.3 Å². The van der Waals surface area contributed by atoms with Gasteiger partial charge in [-0.05, 0) is 25.1 Å². The number of nitrogen functional groups attached to an aromatic ring is 2. The lowest BCUT2D eigenvalue weighted by Crippen LogP contribution is -2.28. The van der Waals surface area contributed by atoms with E-state index < -0.39 is 23.0 Å². The molecule has 0 bridgehead atoms. The van der Waals surface area contributed by atoms with Crippen molar-refractivity contribution >= 4 is 29.2 Å². The third-order valence-electron chi connectivity index (χ3n) is 4.84. The molecule has 0 amide bonds. The number of nitrogens with zero attached hydrogens (tertiary/aromatic N) is 5. The molecule has 4 rings (SSSR count). The quantitative estimate of drug-likeness (QED) is 0.464. The number of aryl methyl sites for hydroxylation is 1. The highest BCUT2D eigenvalue weighted by atomic mass is 35.5. The number of nitrogens with two attached hydrogens (primary N) is 2. The van der Waals surface area contributed by atoms with E-state index in [0.29, 0.717) is 16.8 Å². The summed E-state index contributed by atoms with van der Waals surface area (Å²) >= 11 is 6.28. The van der Waals surface area contributed by atoms with Crippen LogP contribution in [0.4, 0.5) is 30.8 Å². The number of hydrogen-bond acceptors (Lipinski definition) is 7. The summed E-state index contributed by atoms with van der Waals surface area (Å²) in [4.78, 5) is 15.8. The van der Waals surface area contributed by atoms with Gasteiger partial charge in [-0.25, -0.2) is 13.2 Å². The molecule has 0 spiro atoms. The molecule has 1 aliphatic heterocycles. The van der Waals surface area contributed by atoms with Gasteiger partial charge in [0.2, 0.25) is 5.95 Å². The molecule has 2 aromatic heterocycles. The Hall–Kier alpha value is -3.53. The molecule has 31 heavy (non-hydrogen) atoms. The van der Waals surface area contributed by atoms with Crippen molar-refractivity contribution < 1.29 is 13.2 Å². The van der Waals surface area contributed by atoms with Gasteiger partial charge in [0.05, 0.1) is 18.8 Å². The minimum absolute atomic E-state index is 0.0539. The summed E-state index contributed by atoms with van der Waals surface area (Å²) in [5.74, 6) is -2.86. The molecular formula is C20H17ClF3N7. The third-order valence-corrected chi connectivity index (χ3v) is 5.14. The van der Waals surface area contributed by atoms with E-state index >= 15 is 0 Å². The summed E-state index contributed by atoms with van der Waals surface area (Å²) < 4.78 is 41.5. The van der Waals surface area contributed by atoms with Crippen LogP contribution >= 0.6 is 11.6 Å². The first kappa shape index (κ1) is 20.7. The summed E-state index contributed by atoms with van der Waals surface area (Å²) in [6.07, 6.45) is 3.09. The molecule has 0 radical (unpaired) electrons. The molecule has 0 saturated heterocycles. The Balaban J connectivity index is 1.61. The molecule has 0 aliphatic carbocycles. The first-order chi connectivity index (χ1) is 14.8. The summed E-state index contributed by atoms with van der Waals surface area (Å²) in [5.41, 5.74) is 13.7. The van der Waals surface area contributed by atoms with Gasteiger partial charge in [-0.3, -0.25) is 9.88 Å². The van der Waals surface area contributed by atoms with Crippen molar-refractivity contribution in [3.63, 3.8) is 0 Å². The molecule has 1 aliphatic rings. The van der Waals surface area contributed by atoms with Crippen LogP contribution in [0.15, 0.2) is 41.8 Å². The molecular weight excluding hydrogens is 431 g/mol. The van der Waals surface area contributed by atoms with E-state index in [1.807, 2.05) is 6.92 Å². The highest BCUT2D eigenvalue weighted by molar-refractivity contribution is 6.31. The van der Waals surface area contributed by atoms with Crippen molar-refractivity contribution in [2.75, 3.05) is 23.0 Å². The van der Waals surface area contributed by atoms with Crippen LogP contribution in [0.5, 0.6) is 0 Å². The van der Waals surface area contributed by atoms with Gasteiger partial charge in [0.25, 0.3) is 0 Å². The van der Waals surface area contributed by atoms with Crippen molar-refractivity contribution in [3.05, 3.63) is 70.5 Å². The highest BCUT2D eigenvalue weighted by Gasteiger charge is 2.27. The van der Waals surface area contributed by atoms with Crippen LogP contribution in [0, 0.1) is 24.4 Å². The predicted octanol–water partition coefficient (Wildman–Crippen LogP) is 3.75. The third kappa shape index (κ3) is 3.81. The molecule has 1 aromatic carbocycles. The van der Waals surface area contributed by atoms with E-state index in [2.05, 4.69) is 15.0 Å². The first-order valence-electron chi connectivity index (χ1n) is 9.12. The van der Waals surface area contributed by atoms with Crippen molar-refractivity contribution in [2.24, 2.45) is 0 Å². The number of benzene rings is 1. The van der Waals surface area contributed by atoms with E-state index in [0.717, 1.165) is 12.1 Å². The van der Waals surface area contributed by atoms with E-state index in [1.165, 1.54) is 16.0 Å². The zero-order valence-corrected chi connectivity index (χ0v) is 17.0. The lowest BCUT2D eigenvalue weighted by atomic mass is 10.1. The SMILES string of the molecule is Cc1ncccc1-c1c(N)nc(N2CN(Cc3c(F)ccc(F)c3F)C=C2Cl)nc1N. The minimum Gasteiger partial charge on any atom is -0.383 e. The summed E-state index contributed by atoms with van der Waals surface area (Å²) in [6.45, 7) is 1.61. The van der Waals surface area contributed by atoms with E-state index in [-0.39, 0.29) is 36.0 Å². The average molecular weight is 448 g/mol. The smallest absolute Gasteiger partial charge is 0.236 e. The minimum atomic E-state index is -1.25. The van der Waals surface area contributed by atoms with Gasteiger partial charge in [-0.2, -0.15) is 9.97 Å². The Morgan fingerprint density at radius 1 is 1.06 bits per heavy atom. The van der Waals surface area contributed by atoms with Crippen LogP contribution < -0.4 is 16.4 Å². The van der Waals surface area contributed by atoms with Gasteiger partial charge >= 0.3 is 0 Å². The monoisotopic (exact) mass is 447 g/mol. The summed E-state index contributed by atoms with van der Waals surface area (Å²) in [7, 11) is 0. The maximum Gasteiger partial charge on any atom is 0.236 e. The molecule has 0 saturated carbocycles. The number of hydrogen-bond donors (Lipinski definition) is 2. The van der Waals surface area contributed by atoms with Crippen molar-refractivity contribution in [2.45, 2.75) is 13.5 Å². The zero-order valence-electron chi connectivity index (χ0n) is 16.3. The molecule has 4 N–H and O–H groups in total. The largest absolute Gasteiger partial charge is 0.383 e. The lowest BCUT2D eigenvalue weighted by Gasteiger charge is -2.22. The number of halogens is 4. The predicted molar refractivity (Wildman–Crippen MR) is 112 cm³/mol. The topological polar surface area (TPSA) is 97.2 Å². The van der Waals surface area contributed by atoms with Gasteiger partial charge in [-0.1, -0.05) is 17.7 Å². The van der Waals surface area contributed by atoms with Crippen molar-refractivity contribution in [1.82, 2.24) is 19.9 Å². The molecule has 0 atom stereocenters. The zero-order chi connectivity index (χ0) is 22.3. The normalized spacial score (nSPS) is 13.6. The van der Waals surface area contributed by atoms with E-state index in [1.54, 1.807) is 18.3 Å². The average Bonchev–Trinajstić information content (AvgIpc) is 3.09. The second-order valence-electron chi connectivity index (χ2n) is 6.90. The Morgan fingerprint density at radius 2 is 1.74 bits per heavy atom. The number of aromatic nitrogens is 3. The van der Waals surface area contributed by atoms with Crippen LogP contribution in [0.3, 0.4) is 0 Å². The fourth-order valence-electron chi connectivity index (χ4n) is 3.31. The highest BCUT2D eigenvalue weighted by Crippen LogP contribution is 2.34. The van der Waals surface area contributed by atoms with Crippen molar-refractivity contribution in [1.29, 1.82) is 0 Å². The standard InChI is InChI=1S/C20H17ClF3N7/c1-10-11(3-2-6-27-10)16-18(25)28-20(29-19(16)26)31-9-30(8-15(31)21)7-12-13(22)4-5-14(23)17(12)24/h2-6,8H,7,9H2,1H3,(H4,25,26,28,29). The molecule has 11 heteroatoms. The van der Waals surface area contributed by atoms with E-state index in [4.69, 9.17) is 23.1 Å². The Bertz CT molecular complexity index is 1180. The maximum atomic E-state index is 14.0. The maximum absolute atomic E-state index is 14.0. The van der Waals surface area contributed by atoms with Gasteiger partial charge in [0.1, 0.15) is 22.6 Å². The van der Waals surface area contributed by atoms with Crippen molar-refractivity contribution in [3.8, 4) is 11.1 Å². The summed E-state index contributed by atoms with van der Waals surface area (Å²) in [5, 5.41) is 0.182. The molecule has 0 fully saturated rings. The Kier molecular flexibility index (Phi) is 5.32. The number of pyridine rings is 1. The van der Waals surface area contributed by atoms with Gasteiger partial charge < -0.3 is 16.4 Å². The molecule has 3 aromatic rings. The fraction of sp³-hybridized carbons (Fsp3) is 0.150. The number of rotatable bonds is 4. The van der Waals surface area contributed by atoms with Crippen LogP contribution in [-0.4, -0.2) is 26.5 Å². The van der Waals surface area contributed by atoms with Crippen LogP contribution in [-0.2, 0) is 6.54 Å². The van der Waals surface area contributed by atoms with Gasteiger partial charge in [0, 0.05) is 29.2 Å². The van der Waals surface area contributed by atoms with Crippen LogP contribution in [0.2, 0.25) is 0 Å². The second-order valence-corrected chi connectivity index (χ2v) is 7.28. The Labute approximate surface area is 180 Å². The van der Waals surface area contributed by atoms with Gasteiger partial charge in [0.15, 0.2) is 11.6 Å². The molecule has 3 heterocycles.